The molecule has 1 aromatic rings. The van der Waals surface area contributed by atoms with Crippen LogP contribution in [0.4, 0.5) is 0 Å². The predicted octanol–water partition coefficient (Wildman–Crippen LogP) is 3.86. The fraction of sp³-hybridized carbons (Fsp3) is 0.529. The van der Waals surface area contributed by atoms with E-state index in [9.17, 15) is 0 Å². The molecular weight excluding hydrogens is 218 g/mol. The SMILES string of the molecule is C1=C(c2cccc(C3CCC3)c2)CC2CCC1N2. The lowest BCUT2D eigenvalue weighted by Gasteiger charge is -2.27. The van der Waals surface area contributed by atoms with Crippen LogP contribution in [0, 0.1) is 0 Å². The summed E-state index contributed by atoms with van der Waals surface area (Å²) < 4.78 is 0. The van der Waals surface area contributed by atoms with E-state index in [0.29, 0.717) is 6.04 Å². The maximum Gasteiger partial charge on any atom is 0.0259 e. The average molecular weight is 239 g/mol. The minimum absolute atomic E-state index is 0.645. The van der Waals surface area contributed by atoms with Gasteiger partial charge in [-0.05, 0) is 54.7 Å². The largest absolute Gasteiger partial charge is 0.307 e. The Morgan fingerprint density at radius 2 is 2.00 bits per heavy atom. The predicted molar refractivity (Wildman–Crippen MR) is 75.6 cm³/mol. The Labute approximate surface area is 109 Å². The van der Waals surface area contributed by atoms with Crippen LogP contribution in [0.3, 0.4) is 0 Å². The van der Waals surface area contributed by atoms with E-state index in [1.165, 1.54) is 44.1 Å². The molecule has 1 heteroatoms. The van der Waals surface area contributed by atoms with Crippen LogP contribution in [-0.2, 0) is 0 Å². The van der Waals surface area contributed by atoms with E-state index in [-0.39, 0.29) is 0 Å². The van der Waals surface area contributed by atoms with Crippen LogP contribution >= 0.6 is 0 Å². The standard InChI is InChI=1S/C17H21N/c1-3-12(4-1)13-5-2-6-14(9-13)15-10-16-7-8-17(11-15)18-16/h2,5-6,9-10,12,16-18H,1,3-4,7-8,11H2. The number of hydrogen-bond acceptors (Lipinski definition) is 1. The number of hydrogen-bond donors (Lipinski definition) is 1. The first-order chi connectivity index (χ1) is 8.88. The van der Waals surface area contributed by atoms with Crippen molar-refractivity contribution in [2.75, 3.05) is 0 Å². The molecule has 1 saturated heterocycles. The van der Waals surface area contributed by atoms with Crippen molar-refractivity contribution >= 4 is 5.57 Å². The van der Waals surface area contributed by atoms with Crippen LogP contribution in [-0.4, -0.2) is 12.1 Å². The molecule has 4 rings (SSSR count). The Morgan fingerprint density at radius 1 is 1.06 bits per heavy atom. The molecule has 0 spiro atoms. The smallest absolute Gasteiger partial charge is 0.0259 e. The summed E-state index contributed by atoms with van der Waals surface area (Å²) in [6, 6.07) is 10.7. The third-order valence-corrected chi connectivity index (χ3v) is 4.98. The lowest BCUT2D eigenvalue weighted by molar-refractivity contribution is 0.419. The maximum absolute atomic E-state index is 3.67. The van der Waals surface area contributed by atoms with E-state index in [1.54, 1.807) is 11.1 Å². The molecule has 94 valence electrons. The zero-order chi connectivity index (χ0) is 11.9. The monoisotopic (exact) mass is 239 g/mol. The van der Waals surface area contributed by atoms with Gasteiger partial charge < -0.3 is 5.32 Å². The summed E-state index contributed by atoms with van der Waals surface area (Å²) in [7, 11) is 0. The summed E-state index contributed by atoms with van der Waals surface area (Å²) in [4.78, 5) is 0. The summed E-state index contributed by atoms with van der Waals surface area (Å²) in [6.07, 6.45) is 10.6. The Morgan fingerprint density at radius 3 is 2.78 bits per heavy atom. The molecule has 0 radical (unpaired) electrons. The van der Waals surface area contributed by atoms with Crippen molar-refractivity contribution in [2.45, 2.75) is 56.5 Å². The van der Waals surface area contributed by atoms with Gasteiger partial charge in [-0.15, -0.1) is 0 Å². The Bertz CT molecular complexity index is 484. The third kappa shape index (κ3) is 1.81. The van der Waals surface area contributed by atoms with Crippen molar-refractivity contribution in [1.82, 2.24) is 5.32 Å². The van der Waals surface area contributed by atoms with Gasteiger partial charge in [0.25, 0.3) is 0 Å². The summed E-state index contributed by atoms with van der Waals surface area (Å²) in [5, 5.41) is 3.67. The quantitative estimate of drug-likeness (QED) is 0.826. The van der Waals surface area contributed by atoms with Gasteiger partial charge in [-0.1, -0.05) is 36.8 Å². The Hall–Kier alpha value is -1.08. The van der Waals surface area contributed by atoms with Gasteiger partial charge in [0.2, 0.25) is 0 Å². The van der Waals surface area contributed by atoms with Crippen LogP contribution in [0.2, 0.25) is 0 Å². The highest BCUT2D eigenvalue weighted by atomic mass is 15.0. The topological polar surface area (TPSA) is 12.0 Å². The van der Waals surface area contributed by atoms with Gasteiger partial charge in [-0.25, -0.2) is 0 Å². The second-order valence-electron chi connectivity index (χ2n) is 6.20. The first kappa shape index (κ1) is 10.8. The molecule has 1 N–H and O–H groups in total. The van der Waals surface area contributed by atoms with Crippen molar-refractivity contribution in [3.8, 4) is 0 Å². The summed E-state index contributed by atoms with van der Waals surface area (Å²) in [6.45, 7) is 0. The number of rotatable bonds is 2. The molecule has 1 nitrogen and oxygen atoms in total. The zero-order valence-electron chi connectivity index (χ0n) is 10.9. The first-order valence-corrected chi connectivity index (χ1v) is 7.45. The van der Waals surface area contributed by atoms with Gasteiger partial charge in [0.05, 0.1) is 0 Å². The fourth-order valence-corrected chi connectivity index (χ4v) is 3.67. The molecule has 18 heavy (non-hydrogen) atoms. The minimum atomic E-state index is 0.645. The molecule has 0 aromatic heterocycles. The molecular formula is C17H21N. The van der Waals surface area contributed by atoms with Gasteiger partial charge >= 0.3 is 0 Å². The van der Waals surface area contributed by atoms with Crippen LogP contribution in [0.1, 0.15) is 55.6 Å². The Balaban J connectivity index is 1.64. The molecule has 2 unspecified atom stereocenters. The molecule has 3 aliphatic rings. The molecule has 2 bridgehead atoms. The first-order valence-electron chi connectivity index (χ1n) is 7.45. The fourth-order valence-electron chi connectivity index (χ4n) is 3.67. The van der Waals surface area contributed by atoms with Crippen LogP contribution in [0.5, 0.6) is 0 Å². The van der Waals surface area contributed by atoms with E-state index in [2.05, 4.69) is 35.7 Å². The van der Waals surface area contributed by atoms with Crippen molar-refractivity contribution < 1.29 is 0 Å². The molecule has 2 fully saturated rings. The van der Waals surface area contributed by atoms with Crippen molar-refractivity contribution in [3.05, 3.63) is 41.5 Å². The van der Waals surface area contributed by atoms with E-state index >= 15 is 0 Å². The third-order valence-electron chi connectivity index (χ3n) is 4.98. The van der Waals surface area contributed by atoms with Crippen molar-refractivity contribution in [3.63, 3.8) is 0 Å². The highest BCUT2D eigenvalue weighted by Crippen LogP contribution is 2.38. The zero-order valence-corrected chi connectivity index (χ0v) is 10.9. The van der Waals surface area contributed by atoms with E-state index < -0.39 is 0 Å². The molecule has 2 aliphatic heterocycles. The number of fused-ring (bicyclic) bond motifs is 2. The molecule has 1 aromatic carbocycles. The minimum Gasteiger partial charge on any atom is -0.307 e. The maximum atomic E-state index is 3.67. The van der Waals surface area contributed by atoms with Gasteiger partial charge in [0.15, 0.2) is 0 Å². The summed E-state index contributed by atoms with van der Waals surface area (Å²) >= 11 is 0. The van der Waals surface area contributed by atoms with Gasteiger partial charge in [-0.3, -0.25) is 0 Å². The van der Waals surface area contributed by atoms with Crippen molar-refractivity contribution in [2.24, 2.45) is 0 Å². The normalized spacial score (nSPS) is 31.0. The van der Waals surface area contributed by atoms with Gasteiger partial charge in [0.1, 0.15) is 0 Å². The van der Waals surface area contributed by atoms with Crippen LogP contribution in [0.25, 0.3) is 5.57 Å². The molecule has 1 aliphatic carbocycles. The van der Waals surface area contributed by atoms with Crippen molar-refractivity contribution in [1.29, 1.82) is 0 Å². The second kappa shape index (κ2) is 4.24. The molecule has 0 amide bonds. The lowest BCUT2D eigenvalue weighted by atomic mass is 9.79. The van der Waals surface area contributed by atoms with Gasteiger partial charge in [0, 0.05) is 12.1 Å². The molecule has 2 atom stereocenters. The second-order valence-corrected chi connectivity index (χ2v) is 6.20. The summed E-state index contributed by atoms with van der Waals surface area (Å²) in [5.74, 6) is 0.851. The number of benzene rings is 1. The average Bonchev–Trinajstić information content (AvgIpc) is 2.66. The van der Waals surface area contributed by atoms with Crippen LogP contribution in [0.15, 0.2) is 30.3 Å². The van der Waals surface area contributed by atoms with Gasteiger partial charge in [-0.2, -0.15) is 0 Å². The van der Waals surface area contributed by atoms with Crippen LogP contribution < -0.4 is 5.32 Å². The molecule has 1 saturated carbocycles. The lowest BCUT2D eigenvalue weighted by Crippen LogP contribution is -2.31. The number of nitrogens with one attached hydrogen (secondary N) is 1. The van der Waals surface area contributed by atoms with E-state index in [0.717, 1.165) is 12.0 Å². The highest BCUT2D eigenvalue weighted by molar-refractivity contribution is 5.68. The van der Waals surface area contributed by atoms with E-state index in [4.69, 9.17) is 0 Å². The summed E-state index contributed by atoms with van der Waals surface area (Å²) in [5.41, 5.74) is 4.64. The highest BCUT2D eigenvalue weighted by Gasteiger charge is 2.28. The Kier molecular flexibility index (Phi) is 2.54. The van der Waals surface area contributed by atoms with E-state index in [1.807, 2.05) is 0 Å². The molecule has 2 heterocycles.